The highest BCUT2D eigenvalue weighted by molar-refractivity contribution is 5.91. The molecule has 128 valence electrons. The summed E-state index contributed by atoms with van der Waals surface area (Å²) in [6.07, 6.45) is 0.939. The number of carbonyl (C=O) groups is 2. The molecule has 1 aliphatic rings. The maximum atomic E-state index is 12.2. The number of rotatable bonds is 5. The molecule has 1 fully saturated rings. The topological polar surface area (TPSA) is 93.5 Å². The summed E-state index contributed by atoms with van der Waals surface area (Å²) in [6.45, 7) is 3.03. The van der Waals surface area contributed by atoms with Crippen LogP contribution >= 0.6 is 12.4 Å². The lowest BCUT2D eigenvalue weighted by atomic mass is 9.90. The van der Waals surface area contributed by atoms with Crippen LogP contribution in [0.1, 0.15) is 25.3 Å². The fourth-order valence-electron chi connectivity index (χ4n) is 2.31. The van der Waals surface area contributed by atoms with E-state index in [1.54, 1.807) is 6.92 Å². The van der Waals surface area contributed by atoms with E-state index in [1.807, 2.05) is 30.3 Å². The molecule has 7 heteroatoms. The average Bonchev–Trinajstić information content (AvgIpc) is 2.54. The number of hydrogen-bond donors (Lipinski definition) is 3. The fraction of sp³-hybridized carbons (Fsp3) is 0.500. The molecular formula is C16H24ClN3O3. The first-order valence-electron chi connectivity index (χ1n) is 7.50. The predicted octanol–water partition coefficient (Wildman–Crippen LogP) is 0.737. The minimum atomic E-state index is -0.938. The van der Waals surface area contributed by atoms with E-state index in [4.69, 9.17) is 10.5 Å². The van der Waals surface area contributed by atoms with Crippen LogP contribution in [0.15, 0.2) is 30.3 Å². The van der Waals surface area contributed by atoms with Gasteiger partial charge in [0.05, 0.1) is 5.54 Å². The Morgan fingerprint density at radius 2 is 1.87 bits per heavy atom. The lowest BCUT2D eigenvalue weighted by Crippen LogP contribution is -2.60. The van der Waals surface area contributed by atoms with Gasteiger partial charge in [0.1, 0.15) is 6.04 Å². The Kier molecular flexibility index (Phi) is 7.48. The molecule has 2 amide bonds. The van der Waals surface area contributed by atoms with Gasteiger partial charge in [-0.1, -0.05) is 30.3 Å². The highest BCUT2D eigenvalue weighted by Crippen LogP contribution is 2.17. The summed E-state index contributed by atoms with van der Waals surface area (Å²) in [5.41, 5.74) is 6.16. The third kappa shape index (κ3) is 5.49. The number of hydrogen-bond acceptors (Lipinski definition) is 4. The number of halogens is 1. The third-order valence-electron chi connectivity index (χ3n) is 3.89. The van der Waals surface area contributed by atoms with Crippen LogP contribution in [0.2, 0.25) is 0 Å². The minimum absolute atomic E-state index is 0. The number of nitrogens with one attached hydrogen (secondary N) is 2. The van der Waals surface area contributed by atoms with Crippen LogP contribution in [-0.4, -0.2) is 36.6 Å². The Hall–Kier alpha value is -1.63. The molecule has 0 aliphatic carbocycles. The summed E-state index contributed by atoms with van der Waals surface area (Å²) >= 11 is 0. The van der Waals surface area contributed by atoms with Crippen LogP contribution in [0.25, 0.3) is 0 Å². The van der Waals surface area contributed by atoms with E-state index in [-0.39, 0.29) is 24.2 Å². The van der Waals surface area contributed by atoms with E-state index in [9.17, 15) is 9.59 Å². The van der Waals surface area contributed by atoms with Crippen molar-refractivity contribution < 1.29 is 14.3 Å². The number of amides is 2. The maximum absolute atomic E-state index is 12.2. The van der Waals surface area contributed by atoms with E-state index in [2.05, 4.69) is 10.6 Å². The minimum Gasteiger partial charge on any atom is -0.381 e. The Morgan fingerprint density at radius 1 is 1.26 bits per heavy atom. The number of carbonyl (C=O) groups excluding carboxylic acids is 2. The maximum Gasteiger partial charge on any atom is 0.242 e. The van der Waals surface area contributed by atoms with Gasteiger partial charge in [0.15, 0.2) is 0 Å². The van der Waals surface area contributed by atoms with Gasteiger partial charge in [0, 0.05) is 19.8 Å². The van der Waals surface area contributed by atoms with Crippen molar-refractivity contribution in [2.24, 2.45) is 5.73 Å². The summed E-state index contributed by atoms with van der Waals surface area (Å²) in [4.78, 5) is 24.3. The molecule has 6 nitrogen and oxygen atoms in total. The fourth-order valence-corrected chi connectivity index (χ4v) is 2.31. The Bertz CT molecular complexity index is 519. The van der Waals surface area contributed by atoms with Crippen molar-refractivity contribution in [2.45, 2.75) is 37.9 Å². The van der Waals surface area contributed by atoms with E-state index in [1.165, 1.54) is 0 Å². The first kappa shape index (κ1) is 19.4. The van der Waals surface area contributed by atoms with Crippen molar-refractivity contribution in [2.75, 3.05) is 13.2 Å². The first-order valence-corrected chi connectivity index (χ1v) is 7.50. The molecule has 1 aromatic rings. The quantitative estimate of drug-likeness (QED) is 0.736. The highest BCUT2D eigenvalue weighted by Gasteiger charge is 2.37. The molecule has 1 aliphatic heterocycles. The van der Waals surface area contributed by atoms with E-state index in [0.717, 1.165) is 5.56 Å². The molecule has 1 heterocycles. The summed E-state index contributed by atoms with van der Waals surface area (Å²) in [6, 6.07) is 8.98. The molecular weight excluding hydrogens is 318 g/mol. The zero-order chi connectivity index (χ0) is 16.0. The summed E-state index contributed by atoms with van der Waals surface area (Å²) in [7, 11) is 0. The first-order chi connectivity index (χ1) is 10.5. The van der Waals surface area contributed by atoms with Crippen LogP contribution in [-0.2, 0) is 20.9 Å². The van der Waals surface area contributed by atoms with Crippen LogP contribution in [0.3, 0.4) is 0 Å². The average molecular weight is 342 g/mol. The lowest BCUT2D eigenvalue weighted by Gasteiger charge is -2.32. The summed E-state index contributed by atoms with van der Waals surface area (Å²) in [5.74, 6) is -0.522. The van der Waals surface area contributed by atoms with Crippen LogP contribution in [0.4, 0.5) is 0 Å². The van der Waals surface area contributed by atoms with Gasteiger partial charge < -0.3 is 21.1 Å². The Morgan fingerprint density at radius 3 is 2.48 bits per heavy atom. The zero-order valence-corrected chi connectivity index (χ0v) is 14.0. The van der Waals surface area contributed by atoms with Gasteiger partial charge in [0.2, 0.25) is 11.8 Å². The zero-order valence-electron chi connectivity index (χ0n) is 13.2. The molecule has 2 rings (SSSR count). The van der Waals surface area contributed by atoms with Crippen molar-refractivity contribution >= 4 is 24.2 Å². The van der Waals surface area contributed by atoms with Crippen LogP contribution in [0, 0.1) is 0 Å². The molecule has 0 saturated carbocycles. The van der Waals surface area contributed by atoms with Crippen LogP contribution in [0.5, 0.6) is 0 Å². The Balaban J connectivity index is 0.00000264. The van der Waals surface area contributed by atoms with Gasteiger partial charge in [-0.15, -0.1) is 12.4 Å². The molecule has 0 radical (unpaired) electrons. The molecule has 23 heavy (non-hydrogen) atoms. The van der Waals surface area contributed by atoms with Crippen molar-refractivity contribution in [1.29, 1.82) is 0 Å². The van der Waals surface area contributed by atoms with Crippen molar-refractivity contribution in [3.63, 3.8) is 0 Å². The Labute approximate surface area is 142 Å². The second kappa shape index (κ2) is 8.86. The molecule has 1 aromatic carbocycles. The lowest BCUT2D eigenvalue weighted by molar-refractivity contribution is -0.134. The monoisotopic (exact) mass is 341 g/mol. The molecule has 1 atom stereocenters. The molecule has 1 saturated heterocycles. The summed E-state index contributed by atoms with van der Waals surface area (Å²) in [5, 5.41) is 5.49. The van der Waals surface area contributed by atoms with Gasteiger partial charge in [-0.3, -0.25) is 9.59 Å². The molecule has 4 N–H and O–H groups in total. The SMILES string of the molecule is CC(NC(=O)C1(N)CCOCC1)C(=O)NCc1ccccc1.Cl. The van der Waals surface area contributed by atoms with E-state index >= 15 is 0 Å². The second-order valence-electron chi connectivity index (χ2n) is 5.67. The third-order valence-corrected chi connectivity index (χ3v) is 3.89. The van der Waals surface area contributed by atoms with Gasteiger partial charge in [-0.25, -0.2) is 0 Å². The number of benzene rings is 1. The van der Waals surface area contributed by atoms with E-state index in [0.29, 0.717) is 32.6 Å². The molecule has 0 aromatic heterocycles. The van der Waals surface area contributed by atoms with Crippen LogP contribution < -0.4 is 16.4 Å². The van der Waals surface area contributed by atoms with Crippen molar-refractivity contribution in [1.82, 2.24) is 10.6 Å². The predicted molar refractivity (Wildman–Crippen MR) is 90.1 cm³/mol. The smallest absolute Gasteiger partial charge is 0.242 e. The van der Waals surface area contributed by atoms with Crippen molar-refractivity contribution in [3.05, 3.63) is 35.9 Å². The largest absolute Gasteiger partial charge is 0.381 e. The normalized spacial score (nSPS) is 17.5. The van der Waals surface area contributed by atoms with Gasteiger partial charge in [-0.2, -0.15) is 0 Å². The molecule has 0 spiro atoms. The molecule has 0 bridgehead atoms. The summed E-state index contributed by atoms with van der Waals surface area (Å²) < 4.78 is 5.22. The van der Waals surface area contributed by atoms with Gasteiger partial charge in [0.25, 0.3) is 0 Å². The van der Waals surface area contributed by atoms with Gasteiger partial charge in [-0.05, 0) is 25.3 Å². The van der Waals surface area contributed by atoms with E-state index < -0.39 is 11.6 Å². The molecule has 1 unspecified atom stereocenters. The number of ether oxygens (including phenoxy) is 1. The highest BCUT2D eigenvalue weighted by atomic mass is 35.5. The van der Waals surface area contributed by atoms with Crippen molar-refractivity contribution in [3.8, 4) is 0 Å². The number of nitrogens with two attached hydrogens (primary N) is 1. The second-order valence-corrected chi connectivity index (χ2v) is 5.67. The van der Waals surface area contributed by atoms with Gasteiger partial charge >= 0.3 is 0 Å². The standard InChI is InChI=1S/C16H23N3O3.ClH/c1-12(14(20)18-11-13-5-3-2-4-6-13)19-15(21)16(17)7-9-22-10-8-16;/h2-6,12H,7-11,17H2,1H3,(H,18,20)(H,19,21);1H.